The lowest BCUT2D eigenvalue weighted by Gasteiger charge is -2.33. The molecule has 0 radical (unpaired) electrons. The number of unbranched alkanes of at least 4 members (excludes halogenated alkanes) is 1. The second-order valence-corrected chi connectivity index (χ2v) is 8.77. The Morgan fingerprint density at radius 1 is 1.38 bits per heavy atom. The number of thiophene rings is 1. The van der Waals surface area contributed by atoms with Gasteiger partial charge in [0.25, 0.3) is 0 Å². The molecule has 0 amide bonds. The Hall–Kier alpha value is -1.13. The van der Waals surface area contributed by atoms with Crippen LogP contribution < -0.4 is 0 Å². The van der Waals surface area contributed by atoms with Crippen molar-refractivity contribution in [3.05, 3.63) is 27.0 Å². The summed E-state index contributed by atoms with van der Waals surface area (Å²) in [5.74, 6) is -0.887. The molecule has 1 unspecified atom stereocenters. The fraction of sp³-hybridized carbons (Fsp3) is 0.650. The zero-order valence-electron chi connectivity index (χ0n) is 15.6. The first-order chi connectivity index (χ1) is 11.3. The summed E-state index contributed by atoms with van der Waals surface area (Å²) >= 11 is 1.69. The first-order valence-corrected chi connectivity index (χ1v) is 9.76. The van der Waals surface area contributed by atoms with E-state index < -0.39 is 12.1 Å². The van der Waals surface area contributed by atoms with Crippen LogP contribution in [0.4, 0.5) is 0 Å². The molecule has 1 N–H and O–H groups in total. The molecule has 4 heteroatoms. The summed E-state index contributed by atoms with van der Waals surface area (Å²) in [6.45, 7) is 11.2. The topological polar surface area (TPSA) is 46.5 Å². The highest BCUT2D eigenvalue weighted by Gasteiger charge is 2.35. The van der Waals surface area contributed by atoms with Crippen LogP contribution in [0.2, 0.25) is 0 Å². The lowest BCUT2D eigenvalue weighted by molar-refractivity contribution is -0.151. The lowest BCUT2D eigenvalue weighted by Crippen LogP contribution is -2.22. The molecule has 0 aliphatic heterocycles. The fourth-order valence-electron chi connectivity index (χ4n) is 3.62. The molecule has 3 nitrogen and oxygen atoms in total. The normalized spacial score (nSPS) is 18.3. The third-order valence-corrected chi connectivity index (χ3v) is 5.97. The van der Waals surface area contributed by atoms with E-state index in [9.17, 15) is 9.90 Å². The Labute approximate surface area is 149 Å². The van der Waals surface area contributed by atoms with Gasteiger partial charge in [0.2, 0.25) is 0 Å². The third-order valence-electron chi connectivity index (χ3n) is 4.93. The van der Waals surface area contributed by atoms with Crippen molar-refractivity contribution in [1.29, 1.82) is 0 Å². The van der Waals surface area contributed by atoms with E-state index in [1.54, 1.807) is 11.3 Å². The van der Waals surface area contributed by atoms with Gasteiger partial charge in [-0.05, 0) is 56.1 Å². The summed E-state index contributed by atoms with van der Waals surface area (Å²) in [5.41, 5.74) is 3.39. The number of hydrogen-bond acceptors (Lipinski definition) is 3. The minimum absolute atomic E-state index is 0.0811. The predicted octanol–water partition coefficient (Wildman–Crippen LogP) is 5.90. The number of carbonyl (C=O) groups is 1. The average Bonchev–Trinajstić information content (AvgIpc) is 2.77. The number of ether oxygens (including phenoxy) is 1. The average molecular weight is 351 g/mol. The SMILES string of the molecule is CCCCOC(C(=O)O)c1c(C)sc(C)c1C1=CCCCC1(C)C. The highest BCUT2D eigenvalue weighted by Crippen LogP contribution is 2.48. The second kappa shape index (κ2) is 7.83. The Balaban J connectivity index is 2.50. The van der Waals surface area contributed by atoms with Crippen LogP contribution in [0.5, 0.6) is 0 Å². The Morgan fingerprint density at radius 3 is 2.67 bits per heavy atom. The molecule has 1 aliphatic rings. The van der Waals surface area contributed by atoms with E-state index in [1.807, 2.05) is 6.92 Å². The highest BCUT2D eigenvalue weighted by atomic mass is 32.1. The van der Waals surface area contributed by atoms with E-state index in [0.29, 0.717) is 6.61 Å². The van der Waals surface area contributed by atoms with Crippen molar-refractivity contribution < 1.29 is 14.6 Å². The quantitative estimate of drug-likeness (QED) is 0.623. The van der Waals surface area contributed by atoms with Crippen molar-refractivity contribution >= 4 is 22.9 Å². The Bertz CT molecular complexity index is 625. The van der Waals surface area contributed by atoms with E-state index in [4.69, 9.17) is 4.74 Å². The van der Waals surface area contributed by atoms with Crippen LogP contribution in [0, 0.1) is 19.3 Å². The molecule has 0 aromatic carbocycles. The van der Waals surface area contributed by atoms with Gasteiger partial charge in [0.1, 0.15) is 0 Å². The molecule has 0 fully saturated rings. The van der Waals surface area contributed by atoms with Crippen LogP contribution in [0.1, 0.15) is 79.9 Å². The van der Waals surface area contributed by atoms with E-state index in [2.05, 4.69) is 33.8 Å². The Morgan fingerprint density at radius 2 is 2.08 bits per heavy atom. The largest absolute Gasteiger partial charge is 0.479 e. The van der Waals surface area contributed by atoms with Gasteiger partial charge in [-0.3, -0.25) is 0 Å². The summed E-state index contributed by atoms with van der Waals surface area (Å²) in [7, 11) is 0. The molecule has 1 aromatic heterocycles. The minimum atomic E-state index is -0.887. The molecule has 0 saturated heterocycles. The van der Waals surface area contributed by atoms with Crippen molar-refractivity contribution in [1.82, 2.24) is 0 Å². The number of hydrogen-bond donors (Lipinski definition) is 1. The molecule has 1 aliphatic carbocycles. The van der Waals surface area contributed by atoms with E-state index in [-0.39, 0.29) is 5.41 Å². The van der Waals surface area contributed by atoms with Crippen LogP contribution in [0.15, 0.2) is 6.08 Å². The highest BCUT2D eigenvalue weighted by molar-refractivity contribution is 7.12. The molecular weight excluding hydrogens is 320 g/mol. The molecule has 1 aromatic rings. The van der Waals surface area contributed by atoms with Gasteiger partial charge in [-0.1, -0.05) is 33.3 Å². The molecule has 134 valence electrons. The molecule has 2 rings (SSSR count). The van der Waals surface area contributed by atoms with Crippen molar-refractivity contribution in [2.24, 2.45) is 5.41 Å². The van der Waals surface area contributed by atoms with Crippen LogP contribution in [-0.2, 0) is 9.53 Å². The monoisotopic (exact) mass is 350 g/mol. The zero-order chi connectivity index (χ0) is 17.9. The number of carboxylic acids is 1. The predicted molar refractivity (Wildman–Crippen MR) is 101 cm³/mol. The Kier molecular flexibility index (Phi) is 6.27. The number of rotatable bonds is 7. The number of carboxylic acid groups (broad SMARTS) is 1. The maximum atomic E-state index is 11.9. The molecule has 24 heavy (non-hydrogen) atoms. The van der Waals surface area contributed by atoms with Gasteiger partial charge in [0.05, 0.1) is 0 Å². The number of aryl methyl sites for hydroxylation is 2. The van der Waals surface area contributed by atoms with Crippen molar-refractivity contribution in [2.45, 2.75) is 72.8 Å². The van der Waals surface area contributed by atoms with Crippen LogP contribution in [0.3, 0.4) is 0 Å². The first-order valence-electron chi connectivity index (χ1n) is 8.95. The number of allylic oxidation sites excluding steroid dienone is 2. The number of aliphatic carboxylic acids is 1. The van der Waals surface area contributed by atoms with E-state index >= 15 is 0 Å². The minimum Gasteiger partial charge on any atom is -0.479 e. The van der Waals surface area contributed by atoms with Gasteiger partial charge in [-0.25, -0.2) is 4.79 Å². The zero-order valence-corrected chi connectivity index (χ0v) is 16.4. The standard InChI is InChI=1S/C20H30O3S/c1-6-7-12-23-18(19(21)22)17-14(3)24-13(2)16(17)15-10-8-9-11-20(15,4)5/h10,18H,6-9,11-12H2,1-5H3,(H,21,22). The molecule has 0 bridgehead atoms. The summed E-state index contributed by atoms with van der Waals surface area (Å²) in [6.07, 6.45) is 6.74. The lowest BCUT2D eigenvalue weighted by atomic mass is 9.72. The van der Waals surface area contributed by atoms with Gasteiger partial charge in [0.15, 0.2) is 6.10 Å². The fourth-order valence-corrected chi connectivity index (χ4v) is 4.72. The molecule has 0 spiro atoms. The summed E-state index contributed by atoms with van der Waals surface area (Å²) < 4.78 is 5.80. The first kappa shape index (κ1) is 19.2. The maximum absolute atomic E-state index is 11.9. The second-order valence-electron chi connectivity index (χ2n) is 7.34. The maximum Gasteiger partial charge on any atom is 0.337 e. The van der Waals surface area contributed by atoms with Crippen molar-refractivity contribution in [3.63, 3.8) is 0 Å². The van der Waals surface area contributed by atoms with Gasteiger partial charge >= 0.3 is 5.97 Å². The third kappa shape index (κ3) is 3.92. The van der Waals surface area contributed by atoms with E-state index in [1.165, 1.54) is 16.9 Å². The van der Waals surface area contributed by atoms with Crippen molar-refractivity contribution in [3.8, 4) is 0 Å². The summed E-state index contributed by atoms with van der Waals surface area (Å²) in [6, 6.07) is 0. The molecular formula is C20H30O3S. The smallest absolute Gasteiger partial charge is 0.337 e. The van der Waals surface area contributed by atoms with Gasteiger partial charge in [-0.2, -0.15) is 0 Å². The molecule has 0 saturated carbocycles. The van der Waals surface area contributed by atoms with Gasteiger partial charge < -0.3 is 9.84 Å². The summed E-state index contributed by atoms with van der Waals surface area (Å²) in [4.78, 5) is 14.2. The molecule has 1 heterocycles. The van der Waals surface area contributed by atoms with Gasteiger partial charge in [-0.15, -0.1) is 11.3 Å². The molecule has 1 atom stereocenters. The van der Waals surface area contributed by atoms with Crippen LogP contribution in [-0.4, -0.2) is 17.7 Å². The van der Waals surface area contributed by atoms with E-state index in [0.717, 1.165) is 41.7 Å². The van der Waals surface area contributed by atoms with Crippen molar-refractivity contribution in [2.75, 3.05) is 6.61 Å². The van der Waals surface area contributed by atoms with Crippen LogP contribution in [0.25, 0.3) is 5.57 Å². The van der Waals surface area contributed by atoms with Crippen LogP contribution >= 0.6 is 11.3 Å². The summed E-state index contributed by atoms with van der Waals surface area (Å²) in [5, 5.41) is 9.77. The van der Waals surface area contributed by atoms with Gasteiger partial charge in [0, 0.05) is 21.9 Å².